The lowest BCUT2D eigenvalue weighted by Crippen LogP contribution is -2.06. The molecule has 0 saturated carbocycles. The molecule has 21 heavy (non-hydrogen) atoms. The Labute approximate surface area is 123 Å². The fourth-order valence-corrected chi connectivity index (χ4v) is 1.84. The Morgan fingerprint density at radius 3 is 2.90 bits per heavy atom. The van der Waals surface area contributed by atoms with Crippen LogP contribution >= 0.6 is 0 Å². The normalized spacial score (nSPS) is 9.95. The lowest BCUT2D eigenvalue weighted by Gasteiger charge is -2.13. The second kappa shape index (κ2) is 6.57. The van der Waals surface area contributed by atoms with Crippen molar-refractivity contribution in [3.8, 4) is 11.9 Å². The number of hydrogen-bond acceptors (Lipinski definition) is 6. The summed E-state index contributed by atoms with van der Waals surface area (Å²) in [5.74, 6) is 0.777. The van der Waals surface area contributed by atoms with Gasteiger partial charge in [0, 0.05) is 0 Å². The van der Waals surface area contributed by atoms with Gasteiger partial charge in [0.2, 0.25) is 5.88 Å². The number of hydrogen-bond donors (Lipinski definition) is 2. The number of ether oxygens (including phenoxy) is 1. The molecule has 0 spiro atoms. The molecular formula is C15H17N5O. The number of nitrogens with zero attached hydrogens (tertiary/aromatic N) is 3. The highest BCUT2D eigenvalue weighted by molar-refractivity contribution is 5.75. The van der Waals surface area contributed by atoms with Gasteiger partial charge < -0.3 is 15.8 Å². The van der Waals surface area contributed by atoms with E-state index >= 15 is 0 Å². The van der Waals surface area contributed by atoms with Gasteiger partial charge in [-0.05, 0) is 25.0 Å². The zero-order valence-electron chi connectivity index (χ0n) is 12.1. The monoisotopic (exact) mass is 283 g/mol. The molecule has 3 N–H and O–H groups in total. The number of benzene rings is 1. The van der Waals surface area contributed by atoms with E-state index in [1.54, 1.807) is 6.07 Å². The van der Waals surface area contributed by atoms with E-state index in [-0.39, 0.29) is 0 Å². The number of nitrogens with two attached hydrogens (primary N) is 1. The summed E-state index contributed by atoms with van der Waals surface area (Å²) in [6.07, 6.45) is 2.24. The van der Waals surface area contributed by atoms with Crippen molar-refractivity contribution in [1.82, 2.24) is 9.97 Å². The molecule has 0 aliphatic heterocycles. The summed E-state index contributed by atoms with van der Waals surface area (Å²) in [6, 6.07) is 7.72. The third-order valence-electron chi connectivity index (χ3n) is 2.93. The molecule has 0 radical (unpaired) electrons. The SMILES string of the molecule is CCCOc1ncnc(Nc2cccc(C)c2C#N)c1N. The van der Waals surface area contributed by atoms with Crippen LogP contribution in [0.2, 0.25) is 0 Å². The van der Waals surface area contributed by atoms with Gasteiger partial charge in [0.1, 0.15) is 18.1 Å². The molecule has 0 unspecified atom stereocenters. The predicted octanol–water partition coefficient (Wildman–Crippen LogP) is 2.77. The predicted molar refractivity (Wildman–Crippen MR) is 81.4 cm³/mol. The summed E-state index contributed by atoms with van der Waals surface area (Å²) in [7, 11) is 0. The molecule has 0 saturated heterocycles. The number of nitrogen functional groups attached to an aromatic ring is 1. The second-order valence-corrected chi connectivity index (χ2v) is 4.52. The maximum atomic E-state index is 9.24. The molecule has 0 atom stereocenters. The maximum absolute atomic E-state index is 9.24. The summed E-state index contributed by atoms with van der Waals surface area (Å²) in [5, 5.41) is 12.3. The molecule has 2 rings (SSSR count). The van der Waals surface area contributed by atoms with Gasteiger partial charge >= 0.3 is 0 Å². The van der Waals surface area contributed by atoms with Gasteiger partial charge in [-0.15, -0.1) is 0 Å². The van der Waals surface area contributed by atoms with Crippen LogP contribution in [0.3, 0.4) is 0 Å². The zero-order chi connectivity index (χ0) is 15.2. The van der Waals surface area contributed by atoms with Crippen LogP contribution in [0.1, 0.15) is 24.5 Å². The molecule has 0 bridgehead atoms. The average Bonchev–Trinajstić information content (AvgIpc) is 2.48. The Hall–Kier alpha value is -2.81. The molecule has 0 aliphatic carbocycles. The number of rotatable bonds is 5. The largest absolute Gasteiger partial charge is 0.476 e. The summed E-state index contributed by atoms with van der Waals surface area (Å²) < 4.78 is 5.46. The van der Waals surface area contributed by atoms with Crippen molar-refractivity contribution < 1.29 is 4.74 Å². The highest BCUT2D eigenvalue weighted by Gasteiger charge is 2.12. The Kier molecular flexibility index (Phi) is 4.57. The Balaban J connectivity index is 2.33. The van der Waals surface area contributed by atoms with E-state index in [0.29, 0.717) is 35.2 Å². The van der Waals surface area contributed by atoms with Gasteiger partial charge in [-0.2, -0.15) is 10.2 Å². The van der Waals surface area contributed by atoms with Crippen molar-refractivity contribution in [1.29, 1.82) is 5.26 Å². The molecule has 0 aliphatic rings. The molecule has 0 amide bonds. The first-order chi connectivity index (χ1) is 10.2. The van der Waals surface area contributed by atoms with E-state index in [9.17, 15) is 5.26 Å². The van der Waals surface area contributed by atoms with E-state index in [4.69, 9.17) is 10.5 Å². The first kappa shape index (κ1) is 14.6. The molecule has 1 aromatic carbocycles. The van der Waals surface area contributed by atoms with Gasteiger partial charge in [-0.25, -0.2) is 4.98 Å². The molecule has 108 valence electrons. The van der Waals surface area contributed by atoms with Crippen molar-refractivity contribution in [2.24, 2.45) is 0 Å². The Morgan fingerprint density at radius 2 is 2.19 bits per heavy atom. The third kappa shape index (κ3) is 3.20. The van der Waals surface area contributed by atoms with E-state index in [0.717, 1.165) is 12.0 Å². The number of aryl methyl sites for hydroxylation is 1. The summed E-state index contributed by atoms with van der Waals surface area (Å²) >= 11 is 0. The number of anilines is 3. The summed E-state index contributed by atoms with van der Waals surface area (Å²) in [6.45, 7) is 4.42. The van der Waals surface area contributed by atoms with Gasteiger partial charge in [0.05, 0.1) is 17.9 Å². The van der Waals surface area contributed by atoms with Gasteiger partial charge in [-0.1, -0.05) is 19.1 Å². The topological polar surface area (TPSA) is 96.9 Å². The summed E-state index contributed by atoms with van der Waals surface area (Å²) in [5.41, 5.74) is 8.44. The highest BCUT2D eigenvalue weighted by Crippen LogP contribution is 2.29. The zero-order valence-corrected chi connectivity index (χ0v) is 12.1. The minimum absolute atomic E-state index is 0.330. The standard InChI is InChI=1S/C15H17N5O/c1-3-7-21-15-13(17)14(18-9-19-15)20-12-6-4-5-10(2)11(12)8-16/h4-6,9H,3,7,17H2,1-2H3,(H,18,19,20). The quantitative estimate of drug-likeness (QED) is 0.875. The van der Waals surface area contributed by atoms with Gasteiger partial charge in [-0.3, -0.25) is 0 Å². The van der Waals surface area contributed by atoms with Crippen molar-refractivity contribution in [2.45, 2.75) is 20.3 Å². The van der Waals surface area contributed by atoms with Gasteiger partial charge in [0.15, 0.2) is 5.82 Å². The lowest BCUT2D eigenvalue weighted by atomic mass is 10.1. The van der Waals surface area contributed by atoms with Crippen LogP contribution in [0.15, 0.2) is 24.5 Å². The van der Waals surface area contributed by atoms with E-state index in [1.165, 1.54) is 6.33 Å². The second-order valence-electron chi connectivity index (χ2n) is 4.52. The van der Waals surface area contributed by atoms with Crippen LogP contribution in [0.25, 0.3) is 0 Å². The number of aromatic nitrogens is 2. The highest BCUT2D eigenvalue weighted by atomic mass is 16.5. The molecule has 6 nitrogen and oxygen atoms in total. The average molecular weight is 283 g/mol. The van der Waals surface area contributed by atoms with Crippen LogP contribution in [-0.4, -0.2) is 16.6 Å². The maximum Gasteiger partial charge on any atom is 0.242 e. The Morgan fingerprint density at radius 1 is 1.38 bits per heavy atom. The smallest absolute Gasteiger partial charge is 0.242 e. The molecule has 6 heteroatoms. The summed E-state index contributed by atoms with van der Waals surface area (Å²) in [4.78, 5) is 8.13. The number of nitriles is 1. The van der Waals surface area contributed by atoms with Crippen LogP contribution in [0.5, 0.6) is 5.88 Å². The van der Waals surface area contributed by atoms with Crippen molar-refractivity contribution in [2.75, 3.05) is 17.7 Å². The van der Waals surface area contributed by atoms with Gasteiger partial charge in [0.25, 0.3) is 0 Å². The number of nitrogens with one attached hydrogen (secondary N) is 1. The van der Waals surface area contributed by atoms with Crippen LogP contribution in [-0.2, 0) is 0 Å². The molecule has 1 aromatic heterocycles. The molecule has 2 aromatic rings. The van der Waals surface area contributed by atoms with Crippen molar-refractivity contribution >= 4 is 17.2 Å². The lowest BCUT2D eigenvalue weighted by molar-refractivity contribution is 0.307. The first-order valence-corrected chi connectivity index (χ1v) is 6.67. The minimum atomic E-state index is 0.330. The van der Waals surface area contributed by atoms with E-state index in [1.807, 2.05) is 26.0 Å². The Bertz CT molecular complexity index is 678. The van der Waals surface area contributed by atoms with Crippen LogP contribution in [0.4, 0.5) is 17.2 Å². The molecule has 0 fully saturated rings. The fraction of sp³-hybridized carbons (Fsp3) is 0.267. The molecule has 1 heterocycles. The fourth-order valence-electron chi connectivity index (χ4n) is 1.84. The molecular weight excluding hydrogens is 266 g/mol. The van der Waals surface area contributed by atoms with Crippen LogP contribution in [0, 0.1) is 18.3 Å². The van der Waals surface area contributed by atoms with E-state index < -0.39 is 0 Å². The van der Waals surface area contributed by atoms with Crippen molar-refractivity contribution in [3.63, 3.8) is 0 Å². The minimum Gasteiger partial charge on any atom is -0.476 e. The third-order valence-corrected chi connectivity index (χ3v) is 2.93. The van der Waals surface area contributed by atoms with Crippen LogP contribution < -0.4 is 15.8 Å². The first-order valence-electron chi connectivity index (χ1n) is 6.67. The van der Waals surface area contributed by atoms with Crippen molar-refractivity contribution in [3.05, 3.63) is 35.7 Å². The van der Waals surface area contributed by atoms with E-state index in [2.05, 4.69) is 21.4 Å².